The van der Waals surface area contributed by atoms with Gasteiger partial charge in [-0.15, -0.1) is 0 Å². The van der Waals surface area contributed by atoms with E-state index in [0.29, 0.717) is 23.7 Å². The molecule has 2 heterocycles. The second-order valence-corrected chi connectivity index (χ2v) is 4.35. The average Bonchev–Trinajstić information content (AvgIpc) is 2.93. The number of carbonyl (C=O) groups excluding carboxylic acids is 2. The van der Waals surface area contributed by atoms with Crippen molar-refractivity contribution in [2.24, 2.45) is 11.7 Å². The fraction of sp³-hybridized carbons (Fsp3) is 0.333. The van der Waals surface area contributed by atoms with Gasteiger partial charge in [-0.1, -0.05) is 0 Å². The van der Waals surface area contributed by atoms with E-state index in [0.717, 1.165) is 0 Å². The van der Waals surface area contributed by atoms with Crippen LogP contribution in [-0.2, 0) is 9.59 Å². The molecule has 1 aromatic carbocycles. The van der Waals surface area contributed by atoms with E-state index in [2.05, 4.69) is 0 Å². The first-order valence-corrected chi connectivity index (χ1v) is 5.64. The van der Waals surface area contributed by atoms with E-state index in [9.17, 15) is 9.59 Å². The maximum absolute atomic E-state index is 11.8. The Kier molecular flexibility index (Phi) is 2.36. The standard InChI is InChI=1S/C12H12N2O4/c13-12(16)7-3-11(15)14(5-7)8-1-2-9-10(4-8)18-6-17-9/h1-2,4,7H,3,5-6H2,(H2,13,16)/t7-/m0/s1. The average molecular weight is 248 g/mol. The van der Waals surface area contributed by atoms with Gasteiger partial charge in [0.05, 0.1) is 5.92 Å². The SMILES string of the molecule is NC(=O)[C@H]1CC(=O)N(c2ccc3c(c2)OCO3)C1. The van der Waals surface area contributed by atoms with E-state index in [4.69, 9.17) is 15.2 Å². The van der Waals surface area contributed by atoms with Gasteiger partial charge in [0.2, 0.25) is 18.6 Å². The predicted octanol–water partition coefficient (Wildman–Crippen LogP) is 0.253. The van der Waals surface area contributed by atoms with Crippen LogP contribution < -0.4 is 20.1 Å². The summed E-state index contributed by atoms with van der Waals surface area (Å²) in [5.41, 5.74) is 5.93. The molecule has 0 aliphatic carbocycles. The Morgan fingerprint density at radius 3 is 2.83 bits per heavy atom. The van der Waals surface area contributed by atoms with Gasteiger partial charge in [0.25, 0.3) is 0 Å². The molecule has 0 aromatic heterocycles. The van der Waals surface area contributed by atoms with Crippen molar-refractivity contribution >= 4 is 17.5 Å². The van der Waals surface area contributed by atoms with Crippen molar-refractivity contribution in [2.75, 3.05) is 18.2 Å². The maximum Gasteiger partial charge on any atom is 0.231 e. The second-order valence-electron chi connectivity index (χ2n) is 4.35. The minimum absolute atomic E-state index is 0.0994. The molecule has 2 aliphatic heterocycles. The van der Waals surface area contributed by atoms with Gasteiger partial charge in [0, 0.05) is 24.7 Å². The molecule has 0 radical (unpaired) electrons. The summed E-state index contributed by atoms with van der Waals surface area (Å²) < 4.78 is 10.5. The number of amides is 2. The van der Waals surface area contributed by atoms with Crippen LogP contribution in [0.1, 0.15) is 6.42 Å². The minimum Gasteiger partial charge on any atom is -0.454 e. The molecule has 18 heavy (non-hydrogen) atoms. The molecule has 2 aliphatic rings. The summed E-state index contributed by atoms with van der Waals surface area (Å²) in [6, 6.07) is 5.26. The van der Waals surface area contributed by atoms with Crippen molar-refractivity contribution in [2.45, 2.75) is 6.42 Å². The molecule has 1 saturated heterocycles. The molecule has 2 amide bonds. The molecule has 2 N–H and O–H groups in total. The van der Waals surface area contributed by atoms with Gasteiger partial charge < -0.3 is 20.1 Å². The summed E-state index contributed by atoms with van der Waals surface area (Å²) in [4.78, 5) is 24.5. The molecule has 1 fully saturated rings. The molecule has 6 nitrogen and oxygen atoms in total. The molecular formula is C12H12N2O4. The molecule has 0 spiro atoms. The Morgan fingerprint density at radius 1 is 1.33 bits per heavy atom. The Morgan fingerprint density at radius 2 is 2.11 bits per heavy atom. The highest BCUT2D eigenvalue weighted by Gasteiger charge is 2.34. The fourth-order valence-electron chi connectivity index (χ4n) is 2.20. The normalized spacial score (nSPS) is 21.4. The number of nitrogens with zero attached hydrogens (tertiary/aromatic N) is 1. The van der Waals surface area contributed by atoms with E-state index in [1.165, 1.54) is 0 Å². The Balaban J connectivity index is 1.87. The van der Waals surface area contributed by atoms with Crippen LogP contribution in [-0.4, -0.2) is 25.2 Å². The number of rotatable bonds is 2. The predicted molar refractivity (Wildman–Crippen MR) is 62.2 cm³/mol. The summed E-state index contributed by atoms with van der Waals surface area (Å²) in [7, 11) is 0. The van der Waals surface area contributed by atoms with Crippen molar-refractivity contribution in [3.63, 3.8) is 0 Å². The quantitative estimate of drug-likeness (QED) is 0.813. The Labute approximate surface area is 103 Å². The highest BCUT2D eigenvalue weighted by Crippen LogP contribution is 2.37. The number of benzene rings is 1. The van der Waals surface area contributed by atoms with Gasteiger partial charge in [-0.2, -0.15) is 0 Å². The molecule has 1 aromatic rings. The zero-order valence-corrected chi connectivity index (χ0v) is 9.59. The third-order valence-corrected chi connectivity index (χ3v) is 3.20. The maximum atomic E-state index is 11.8. The van der Waals surface area contributed by atoms with Crippen LogP contribution in [0.3, 0.4) is 0 Å². The number of anilines is 1. The molecule has 1 atom stereocenters. The number of carbonyl (C=O) groups is 2. The third kappa shape index (κ3) is 1.66. The molecule has 0 bridgehead atoms. The molecule has 3 rings (SSSR count). The topological polar surface area (TPSA) is 81.9 Å². The number of ether oxygens (including phenoxy) is 2. The van der Waals surface area contributed by atoms with E-state index >= 15 is 0 Å². The highest BCUT2D eigenvalue weighted by molar-refractivity contribution is 6.00. The third-order valence-electron chi connectivity index (χ3n) is 3.20. The van der Waals surface area contributed by atoms with Crippen LogP contribution in [0.5, 0.6) is 11.5 Å². The lowest BCUT2D eigenvalue weighted by molar-refractivity contribution is -0.123. The number of fused-ring (bicyclic) bond motifs is 1. The molecular weight excluding hydrogens is 236 g/mol. The lowest BCUT2D eigenvalue weighted by Gasteiger charge is -2.16. The van der Waals surface area contributed by atoms with Crippen molar-refractivity contribution in [3.8, 4) is 11.5 Å². The van der Waals surface area contributed by atoms with Gasteiger partial charge in [0.1, 0.15) is 0 Å². The van der Waals surface area contributed by atoms with Crippen molar-refractivity contribution in [1.82, 2.24) is 0 Å². The monoisotopic (exact) mass is 248 g/mol. The summed E-state index contributed by atoms with van der Waals surface area (Å²) in [6.45, 7) is 0.518. The lowest BCUT2D eigenvalue weighted by atomic mass is 10.1. The summed E-state index contributed by atoms with van der Waals surface area (Å²) in [5, 5.41) is 0. The first kappa shape index (κ1) is 10.9. The largest absolute Gasteiger partial charge is 0.454 e. The second kappa shape index (κ2) is 3.90. The van der Waals surface area contributed by atoms with Crippen LogP contribution in [0.15, 0.2) is 18.2 Å². The zero-order chi connectivity index (χ0) is 12.7. The van der Waals surface area contributed by atoms with Gasteiger partial charge in [-0.3, -0.25) is 9.59 Å². The smallest absolute Gasteiger partial charge is 0.231 e. The van der Waals surface area contributed by atoms with E-state index in [1.807, 2.05) is 0 Å². The Bertz CT molecular complexity index is 529. The van der Waals surface area contributed by atoms with E-state index in [1.54, 1.807) is 23.1 Å². The summed E-state index contributed by atoms with van der Waals surface area (Å²) in [5.74, 6) is 0.326. The van der Waals surface area contributed by atoms with Crippen LogP contribution >= 0.6 is 0 Å². The number of hydrogen-bond donors (Lipinski definition) is 1. The van der Waals surface area contributed by atoms with Crippen molar-refractivity contribution < 1.29 is 19.1 Å². The first-order valence-electron chi connectivity index (χ1n) is 5.64. The van der Waals surface area contributed by atoms with Crippen LogP contribution in [0.2, 0.25) is 0 Å². The summed E-state index contributed by atoms with van der Waals surface area (Å²) >= 11 is 0. The minimum atomic E-state index is -0.438. The Hall–Kier alpha value is -2.24. The van der Waals surface area contributed by atoms with Crippen LogP contribution in [0.4, 0.5) is 5.69 Å². The molecule has 0 unspecified atom stereocenters. The number of primary amides is 1. The highest BCUT2D eigenvalue weighted by atomic mass is 16.7. The van der Waals surface area contributed by atoms with Crippen LogP contribution in [0.25, 0.3) is 0 Å². The van der Waals surface area contributed by atoms with Gasteiger partial charge in [-0.05, 0) is 12.1 Å². The van der Waals surface area contributed by atoms with Crippen molar-refractivity contribution in [1.29, 1.82) is 0 Å². The first-order chi connectivity index (χ1) is 8.65. The van der Waals surface area contributed by atoms with E-state index in [-0.39, 0.29) is 19.1 Å². The van der Waals surface area contributed by atoms with Crippen molar-refractivity contribution in [3.05, 3.63) is 18.2 Å². The number of nitrogens with two attached hydrogens (primary N) is 1. The van der Waals surface area contributed by atoms with Gasteiger partial charge in [0.15, 0.2) is 11.5 Å². The molecule has 6 heteroatoms. The fourth-order valence-corrected chi connectivity index (χ4v) is 2.20. The lowest BCUT2D eigenvalue weighted by Crippen LogP contribution is -2.28. The summed E-state index contributed by atoms with van der Waals surface area (Å²) in [6.07, 6.45) is 0.170. The number of hydrogen-bond acceptors (Lipinski definition) is 4. The molecule has 0 saturated carbocycles. The van der Waals surface area contributed by atoms with Gasteiger partial charge in [-0.25, -0.2) is 0 Å². The van der Waals surface area contributed by atoms with Gasteiger partial charge >= 0.3 is 0 Å². The van der Waals surface area contributed by atoms with E-state index < -0.39 is 11.8 Å². The van der Waals surface area contributed by atoms with Crippen LogP contribution in [0, 0.1) is 5.92 Å². The zero-order valence-electron chi connectivity index (χ0n) is 9.59. The molecule has 94 valence electrons.